The van der Waals surface area contributed by atoms with Crippen molar-refractivity contribution in [2.75, 3.05) is 11.2 Å². The van der Waals surface area contributed by atoms with Gasteiger partial charge in [0.25, 0.3) is 5.69 Å². The molecule has 7 heteroatoms. The van der Waals surface area contributed by atoms with Crippen LogP contribution < -0.4 is 5.32 Å². The largest absolute Gasteiger partial charge is 0.444 e. The number of rotatable bonds is 6. The number of alkyl halides is 1. The van der Waals surface area contributed by atoms with Gasteiger partial charge >= 0.3 is 6.09 Å². The summed E-state index contributed by atoms with van der Waals surface area (Å²) in [6, 6.07) is 17.8. The van der Waals surface area contributed by atoms with Crippen LogP contribution in [0.2, 0.25) is 0 Å². The topological polar surface area (TPSA) is 81.5 Å². The lowest BCUT2D eigenvalue weighted by molar-refractivity contribution is -0.385. The van der Waals surface area contributed by atoms with Gasteiger partial charge in [-0.2, -0.15) is 0 Å². The molecule has 3 aromatic carbocycles. The molecule has 138 valence electrons. The number of anilines is 1. The monoisotopic (exact) mass is 384 g/mol. The van der Waals surface area contributed by atoms with E-state index in [1.165, 1.54) is 6.07 Å². The number of nitrogens with one attached hydrogen (secondary N) is 1. The molecule has 0 radical (unpaired) electrons. The van der Waals surface area contributed by atoms with Gasteiger partial charge in [0.1, 0.15) is 6.61 Å². The number of nitrogens with zero attached hydrogens (tertiary/aromatic N) is 1. The first kappa shape index (κ1) is 18.7. The van der Waals surface area contributed by atoms with E-state index in [0.717, 1.165) is 5.56 Å². The van der Waals surface area contributed by atoms with E-state index in [1.54, 1.807) is 24.3 Å². The van der Waals surface area contributed by atoms with Gasteiger partial charge in [0.05, 0.1) is 10.6 Å². The summed E-state index contributed by atoms with van der Waals surface area (Å²) in [7, 11) is 0. The van der Waals surface area contributed by atoms with Crippen LogP contribution in [0.25, 0.3) is 10.8 Å². The summed E-state index contributed by atoms with van der Waals surface area (Å²) in [5.41, 5.74) is 1.65. The van der Waals surface area contributed by atoms with Gasteiger partial charge in [0.2, 0.25) is 0 Å². The van der Waals surface area contributed by atoms with E-state index in [-0.39, 0.29) is 18.2 Å². The molecule has 0 saturated carbocycles. The molecule has 0 fully saturated rings. The third-order valence-corrected chi connectivity index (χ3v) is 4.31. The molecule has 0 bridgehead atoms. The number of carbonyl (C=O) groups is 1. The van der Waals surface area contributed by atoms with Crippen molar-refractivity contribution in [3.05, 3.63) is 81.9 Å². The third kappa shape index (κ3) is 4.35. The summed E-state index contributed by atoms with van der Waals surface area (Å²) in [6.07, 6.45) is -0.319. The normalized spacial score (nSPS) is 10.6. The van der Waals surface area contributed by atoms with Crippen LogP contribution in [-0.4, -0.2) is 16.9 Å². The Morgan fingerprint density at radius 2 is 1.74 bits per heavy atom. The molecule has 27 heavy (non-hydrogen) atoms. The second-order valence-electron chi connectivity index (χ2n) is 5.85. The van der Waals surface area contributed by atoms with E-state index < -0.39 is 11.0 Å². The molecule has 0 aliphatic carbocycles. The van der Waals surface area contributed by atoms with Crippen LogP contribution in [0.5, 0.6) is 0 Å². The molecule has 0 aliphatic heterocycles. The maximum atomic E-state index is 12.2. The molecule has 3 rings (SSSR count). The standard InChI is InChI=1S/C20H17ClN2O4/c21-11-10-17-15-8-4-5-9-16(15)18(12-19(17)23(25)26)22-20(24)27-13-14-6-2-1-3-7-14/h1-9,12H,10-11,13H2,(H,22,24). The van der Waals surface area contributed by atoms with E-state index in [1.807, 2.05) is 30.3 Å². The van der Waals surface area contributed by atoms with Crippen LogP contribution in [0.3, 0.4) is 0 Å². The number of aryl methyl sites for hydroxylation is 1. The second-order valence-corrected chi connectivity index (χ2v) is 6.23. The molecule has 1 amide bonds. The van der Waals surface area contributed by atoms with Crippen molar-refractivity contribution in [3.63, 3.8) is 0 Å². The Bertz CT molecular complexity index is 976. The Balaban J connectivity index is 1.90. The highest BCUT2D eigenvalue weighted by atomic mass is 35.5. The number of fused-ring (bicyclic) bond motifs is 1. The predicted octanol–water partition coefficient (Wildman–Crippen LogP) is 5.28. The number of hydrogen-bond acceptors (Lipinski definition) is 4. The Labute approximate surface area is 160 Å². The van der Waals surface area contributed by atoms with Crippen molar-refractivity contribution in [1.29, 1.82) is 0 Å². The number of hydrogen-bond donors (Lipinski definition) is 1. The molecule has 0 spiro atoms. The summed E-state index contributed by atoms with van der Waals surface area (Å²) >= 11 is 5.82. The number of nitro benzene ring substituents is 1. The van der Waals surface area contributed by atoms with Gasteiger partial charge in [-0.3, -0.25) is 15.4 Å². The van der Waals surface area contributed by atoms with Crippen LogP contribution in [0.15, 0.2) is 60.7 Å². The van der Waals surface area contributed by atoms with Crippen molar-refractivity contribution in [3.8, 4) is 0 Å². The Morgan fingerprint density at radius 3 is 2.41 bits per heavy atom. The average molecular weight is 385 g/mol. The maximum absolute atomic E-state index is 12.2. The lowest BCUT2D eigenvalue weighted by Crippen LogP contribution is -2.14. The Kier molecular flexibility index (Phi) is 5.88. The van der Waals surface area contributed by atoms with Gasteiger partial charge in [-0.25, -0.2) is 4.79 Å². The number of halogens is 1. The van der Waals surface area contributed by atoms with Gasteiger partial charge in [-0.15, -0.1) is 11.6 Å². The molecule has 0 saturated heterocycles. The fourth-order valence-corrected chi connectivity index (χ4v) is 3.10. The van der Waals surface area contributed by atoms with Crippen LogP contribution in [0.4, 0.5) is 16.2 Å². The fourth-order valence-electron chi connectivity index (χ4n) is 2.91. The van der Waals surface area contributed by atoms with E-state index >= 15 is 0 Å². The Morgan fingerprint density at radius 1 is 1.07 bits per heavy atom. The number of benzene rings is 3. The summed E-state index contributed by atoms with van der Waals surface area (Å²) in [4.78, 5) is 23.2. The summed E-state index contributed by atoms with van der Waals surface area (Å²) in [5.74, 6) is 0.261. The quantitative estimate of drug-likeness (QED) is 0.356. The highest BCUT2D eigenvalue weighted by molar-refractivity contribution is 6.18. The third-order valence-electron chi connectivity index (χ3n) is 4.12. The van der Waals surface area contributed by atoms with Gasteiger partial charge < -0.3 is 4.74 Å². The molecule has 6 nitrogen and oxygen atoms in total. The van der Waals surface area contributed by atoms with E-state index in [0.29, 0.717) is 28.4 Å². The minimum atomic E-state index is -0.677. The predicted molar refractivity (Wildman–Crippen MR) is 105 cm³/mol. The van der Waals surface area contributed by atoms with Gasteiger partial charge in [0.15, 0.2) is 0 Å². The lowest BCUT2D eigenvalue weighted by atomic mass is 9.99. The SMILES string of the molecule is O=C(Nc1cc([N+](=O)[O-])c(CCCl)c2ccccc12)OCc1ccccc1. The molecular formula is C20H17ClN2O4. The van der Waals surface area contributed by atoms with Crippen molar-refractivity contribution in [1.82, 2.24) is 0 Å². The molecule has 0 atom stereocenters. The second kappa shape index (κ2) is 8.51. The Hall–Kier alpha value is -3.12. The van der Waals surface area contributed by atoms with Crippen molar-refractivity contribution in [2.45, 2.75) is 13.0 Å². The zero-order chi connectivity index (χ0) is 19.2. The molecule has 0 aromatic heterocycles. The smallest absolute Gasteiger partial charge is 0.411 e. The molecule has 1 N–H and O–H groups in total. The lowest BCUT2D eigenvalue weighted by Gasteiger charge is -2.13. The van der Waals surface area contributed by atoms with Gasteiger partial charge in [-0.1, -0.05) is 54.6 Å². The van der Waals surface area contributed by atoms with Gasteiger partial charge in [-0.05, 0) is 17.4 Å². The zero-order valence-electron chi connectivity index (χ0n) is 14.4. The fraction of sp³-hybridized carbons (Fsp3) is 0.150. The highest BCUT2D eigenvalue weighted by Gasteiger charge is 2.20. The number of nitro groups is 1. The summed E-state index contributed by atoms with van der Waals surface area (Å²) in [6.45, 7) is 0.108. The highest BCUT2D eigenvalue weighted by Crippen LogP contribution is 2.35. The number of amides is 1. The first-order valence-corrected chi connectivity index (χ1v) is 8.86. The van der Waals surface area contributed by atoms with E-state index in [2.05, 4.69) is 5.32 Å². The molecule has 0 unspecified atom stereocenters. The summed E-state index contributed by atoms with van der Waals surface area (Å²) < 4.78 is 5.22. The van der Waals surface area contributed by atoms with Gasteiger partial charge in [0, 0.05) is 22.9 Å². The minimum absolute atomic E-state index is 0.0762. The number of carbonyl (C=O) groups excluding carboxylic acids is 1. The molecular weight excluding hydrogens is 368 g/mol. The molecule has 3 aromatic rings. The zero-order valence-corrected chi connectivity index (χ0v) is 15.1. The van der Waals surface area contributed by atoms with Crippen molar-refractivity contribution < 1.29 is 14.5 Å². The summed E-state index contributed by atoms with van der Waals surface area (Å²) in [5, 5.41) is 15.5. The number of ether oxygens (including phenoxy) is 1. The maximum Gasteiger partial charge on any atom is 0.411 e. The molecule has 0 heterocycles. The van der Waals surface area contributed by atoms with Crippen LogP contribution in [0, 0.1) is 10.1 Å². The minimum Gasteiger partial charge on any atom is -0.444 e. The van der Waals surface area contributed by atoms with Crippen molar-refractivity contribution in [2.24, 2.45) is 0 Å². The first-order chi connectivity index (χ1) is 13.1. The average Bonchev–Trinajstić information content (AvgIpc) is 2.69. The van der Waals surface area contributed by atoms with Crippen LogP contribution in [0.1, 0.15) is 11.1 Å². The van der Waals surface area contributed by atoms with E-state index in [4.69, 9.17) is 16.3 Å². The van der Waals surface area contributed by atoms with Crippen LogP contribution in [-0.2, 0) is 17.8 Å². The molecule has 0 aliphatic rings. The van der Waals surface area contributed by atoms with E-state index in [9.17, 15) is 14.9 Å². The first-order valence-electron chi connectivity index (χ1n) is 8.33. The van der Waals surface area contributed by atoms with Crippen molar-refractivity contribution >= 4 is 39.8 Å². The van der Waals surface area contributed by atoms with Crippen LogP contribution >= 0.6 is 11.6 Å².